The zero-order valence-corrected chi connectivity index (χ0v) is 10.7. The van der Waals surface area contributed by atoms with Gasteiger partial charge in [-0.1, -0.05) is 4.49 Å². The van der Waals surface area contributed by atoms with Gasteiger partial charge in [-0.15, -0.1) is 5.10 Å². The van der Waals surface area contributed by atoms with Gasteiger partial charge >= 0.3 is 12.0 Å². The Balaban J connectivity index is 1.90. The maximum Gasteiger partial charge on any atom is 0.322 e. The average Bonchev–Trinajstić information content (AvgIpc) is 2.82. The van der Waals surface area contributed by atoms with E-state index >= 15 is 0 Å². The molecule has 1 fully saturated rings. The number of nitrogens with zero attached hydrogens (tertiary/aromatic N) is 3. The fourth-order valence-corrected chi connectivity index (χ4v) is 2.23. The van der Waals surface area contributed by atoms with E-state index in [0.29, 0.717) is 30.9 Å². The Morgan fingerprint density at radius 3 is 2.67 bits per heavy atom. The molecule has 2 N–H and O–H groups in total. The van der Waals surface area contributed by atoms with Crippen molar-refractivity contribution in [3.63, 3.8) is 0 Å². The molecule has 1 aliphatic rings. The van der Waals surface area contributed by atoms with Crippen LogP contribution in [-0.2, 0) is 4.79 Å². The smallest absolute Gasteiger partial charge is 0.322 e. The molecule has 0 radical (unpaired) electrons. The predicted molar refractivity (Wildman–Crippen MR) is 65.5 cm³/mol. The standard InChI is InChI=1S/C10H14N4O3S/c1-10(8(15)16)2-4-14(5-3-10)9(17)12-7-6-11-13-18-7/h6H,2-5H2,1H3,(H,12,17)(H,15,16). The number of likely N-dealkylation sites (tertiary alicyclic amines) is 1. The number of aromatic nitrogens is 2. The Kier molecular flexibility index (Phi) is 3.46. The van der Waals surface area contributed by atoms with Crippen LogP contribution < -0.4 is 5.32 Å². The number of piperidine rings is 1. The van der Waals surface area contributed by atoms with Crippen LogP contribution in [0.15, 0.2) is 6.20 Å². The van der Waals surface area contributed by atoms with Crippen LogP contribution in [0.5, 0.6) is 0 Å². The second kappa shape index (κ2) is 4.89. The molecule has 1 aromatic heterocycles. The molecule has 2 rings (SSSR count). The monoisotopic (exact) mass is 270 g/mol. The summed E-state index contributed by atoms with van der Waals surface area (Å²) in [5.74, 6) is -0.797. The summed E-state index contributed by atoms with van der Waals surface area (Å²) in [6.45, 7) is 2.61. The quantitative estimate of drug-likeness (QED) is 0.843. The molecule has 0 aromatic carbocycles. The molecule has 0 spiro atoms. The Bertz CT molecular complexity index is 440. The van der Waals surface area contributed by atoms with E-state index in [9.17, 15) is 9.59 Å². The van der Waals surface area contributed by atoms with E-state index in [1.807, 2.05) is 0 Å². The fourth-order valence-electron chi connectivity index (χ4n) is 1.82. The maximum absolute atomic E-state index is 11.9. The molecule has 7 nitrogen and oxygen atoms in total. The Hall–Kier alpha value is -1.70. The van der Waals surface area contributed by atoms with E-state index in [1.54, 1.807) is 11.8 Å². The summed E-state index contributed by atoms with van der Waals surface area (Å²) in [6, 6.07) is -0.228. The van der Waals surface area contributed by atoms with E-state index in [2.05, 4.69) is 14.9 Å². The van der Waals surface area contributed by atoms with Gasteiger partial charge in [-0.3, -0.25) is 10.1 Å². The minimum atomic E-state index is -0.797. The number of carbonyl (C=O) groups is 2. The van der Waals surface area contributed by atoms with Gasteiger partial charge < -0.3 is 10.0 Å². The molecular formula is C10H14N4O3S. The Labute approximate surface area is 108 Å². The first-order valence-electron chi connectivity index (χ1n) is 5.58. The summed E-state index contributed by atoms with van der Waals surface area (Å²) in [7, 11) is 0. The highest BCUT2D eigenvalue weighted by Crippen LogP contribution is 2.31. The van der Waals surface area contributed by atoms with Gasteiger partial charge in [0.2, 0.25) is 0 Å². The number of nitrogens with one attached hydrogen (secondary N) is 1. The van der Waals surface area contributed by atoms with Crippen LogP contribution in [0.4, 0.5) is 9.80 Å². The highest BCUT2D eigenvalue weighted by Gasteiger charge is 2.38. The Morgan fingerprint density at radius 2 is 2.17 bits per heavy atom. The molecule has 8 heteroatoms. The Morgan fingerprint density at radius 1 is 1.50 bits per heavy atom. The lowest BCUT2D eigenvalue weighted by molar-refractivity contribution is -0.150. The summed E-state index contributed by atoms with van der Waals surface area (Å²) >= 11 is 1.11. The third-order valence-electron chi connectivity index (χ3n) is 3.26. The number of aliphatic carboxylic acids is 1. The van der Waals surface area contributed by atoms with Gasteiger partial charge in [0, 0.05) is 24.6 Å². The fraction of sp³-hybridized carbons (Fsp3) is 0.600. The van der Waals surface area contributed by atoms with E-state index in [0.717, 1.165) is 11.5 Å². The highest BCUT2D eigenvalue weighted by atomic mass is 32.1. The van der Waals surface area contributed by atoms with Crippen LogP contribution in [0.3, 0.4) is 0 Å². The molecule has 0 saturated carbocycles. The lowest BCUT2D eigenvalue weighted by Crippen LogP contribution is -2.46. The third kappa shape index (κ3) is 2.58. The number of carboxylic acids is 1. The summed E-state index contributed by atoms with van der Waals surface area (Å²) in [5.41, 5.74) is -0.719. The minimum absolute atomic E-state index is 0.228. The lowest BCUT2D eigenvalue weighted by atomic mass is 9.80. The number of carbonyl (C=O) groups excluding carboxylic acids is 1. The van der Waals surface area contributed by atoms with Gasteiger partial charge in [0.25, 0.3) is 0 Å². The van der Waals surface area contributed by atoms with Gasteiger partial charge in [0.1, 0.15) is 5.00 Å². The molecule has 2 amide bonds. The van der Waals surface area contributed by atoms with Crippen molar-refractivity contribution in [3.05, 3.63) is 6.20 Å². The van der Waals surface area contributed by atoms with Crippen molar-refractivity contribution in [3.8, 4) is 0 Å². The van der Waals surface area contributed by atoms with E-state index in [4.69, 9.17) is 5.11 Å². The lowest BCUT2D eigenvalue weighted by Gasteiger charge is -2.36. The van der Waals surface area contributed by atoms with E-state index in [1.165, 1.54) is 6.20 Å². The molecule has 2 heterocycles. The first-order chi connectivity index (χ1) is 8.51. The summed E-state index contributed by atoms with van der Waals surface area (Å²) < 4.78 is 3.65. The van der Waals surface area contributed by atoms with Crippen molar-refractivity contribution in [1.29, 1.82) is 0 Å². The molecular weight excluding hydrogens is 256 g/mol. The molecule has 1 aromatic rings. The molecule has 0 unspecified atom stereocenters. The van der Waals surface area contributed by atoms with Crippen LogP contribution in [-0.4, -0.2) is 44.7 Å². The van der Waals surface area contributed by atoms with E-state index in [-0.39, 0.29) is 6.03 Å². The largest absolute Gasteiger partial charge is 0.481 e. The van der Waals surface area contributed by atoms with Crippen molar-refractivity contribution in [1.82, 2.24) is 14.5 Å². The second-order valence-electron chi connectivity index (χ2n) is 4.56. The number of urea groups is 1. The van der Waals surface area contributed by atoms with Crippen LogP contribution in [0.25, 0.3) is 0 Å². The van der Waals surface area contributed by atoms with Crippen LogP contribution in [0, 0.1) is 5.41 Å². The van der Waals surface area contributed by atoms with Crippen molar-refractivity contribution in [2.24, 2.45) is 5.41 Å². The molecule has 1 aliphatic heterocycles. The number of hydrogen-bond acceptors (Lipinski definition) is 5. The zero-order chi connectivity index (χ0) is 13.2. The van der Waals surface area contributed by atoms with Gasteiger partial charge in [0.15, 0.2) is 0 Å². The number of carboxylic acid groups (broad SMARTS) is 1. The van der Waals surface area contributed by atoms with Crippen LogP contribution >= 0.6 is 11.5 Å². The zero-order valence-electron chi connectivity index (χ0n) is 9.92. The average molecular weight is 270 g/mol. The molecule has 0 bridgehead atoms. The molecule has 98 valence electrons. The van der Waals surface area contributed by atoms with Crippen molar-refractivity contribution < 1.29 is 14.7 Å². The predicted octanol–water partition coefficient (Wildman–Crippen LogP) is 1.26. The number of hydrogen-bond donors (Lipinski definition) is 2. The SMILES string of the molecule is CC1(C(=O)O)CCN(C(=O)Nc2cnns2)CC1. The molecule has 0 atom stereocenters. The highest BCUT2D eigenvalue weighted by molar-refractivity contribution is 7.10. The van der Waals surface area contributed by atoms with Crippen molar-refractivity contribution in [2.75, 3.05) is 18.4 Å². The molecule has 18 heavy (non-hydrogen) atoms. The summed E-state index contributed by atoms with van der Waals surface area (Å²) in [6.07, 6.45) is 2.42. The van der Waals surface area contributed by atoms with E-state index < -0.39 is 11.4 Å². The topological polar surface area (TPSA) is 95.4 Å². The number of anilines is 1. The normalized spacial score (nSPS) is 18.4. The first kappa shape index (κ1) is 12.7. The van der Waals surface area contributed by atoms with Crippen LogP contribution in [0.2, 0.25) is 0 Å². The van der Waals surface area contributed by atoms with Crippen molar-refractivity contribution >= 4 is 28.5 Å². The van der Waals surface area contributed by atoms with Gasteiger partial charge in [-0.2, -0.15) is 0 Å². The van der Waals surface area contributed by atoms with Crippen molar-refractivity contribution in [2.45, 2.75) is 19.8 Å². The van der Waals surface area contributed by atoms with Gasteiger partial charge in [0.05, 0.1) is 11.6 Å². The second-order valence-corrected chi connectivity index (χ2v) is 5.35. The molecule has 0 aliphatic carbocycles. The maximum atomic E-state index is 11.9. The third-order valence-corrected chi connectivity index (χ3v) is 3.84. The summed E-state index contributed by atoms with van der Waals surface area (Å²) in [5, 5.41) is 16.0. The molecule has 1 saturated heterocycles. The van der Waals surface area contributed by atoms with Gasteiger partial charge in [-0.25, -0.2) is 4.79 Å². The van der Waals surface area contributed by atoms with Gasteiger partial charge in [-0.05, 0) is 19.8 Å². The van der Waals surface area contributed by atoms with Crippen LogP contribution in [0.1, 0.15) is 19.8 Å². The first-order valence-corrected chi connectivity index (χ1v) is 6.35. The minimum Gasteiger partial charge on any atom is -0.481 e. The summed E-state index contributed by atoms with van der Waals surface area (Å²) in [4.78, 5) is 24.6. The number of amides is 2. The number of rotatable bonds is 2.